The fourth-order valence-electron chi connectivity index (χ4n) is 2.70. The number of carboxylic acids is 1. The van der Waals surface area contributed by atoms with Gasteiger partial charge in [0.2, 0.25) is 0 Å². The second-order valence-electron chi connectivity index (χ2n) is 5.17. The van der Waals surface area contributed by atoms with Crippen LogP contribution in [0.2, 0.25) is 0 Å². The number of hydrogen-bond donors (Lipinski definition) is 2. The van der Waals surface area contributed by atoms with Gasteiger partial charge < -0.3 is 14.8 Å². The average Bonchev–Trinajstić information content (AvgIpc) is 3.04. The molecule has 4 nitrogen and oxygen atoms in total. The number of carbonyl (C=O) groups is 1. The van der Waals surface area contributed by atoms with Gasteiger partial charge in [-0.1, -0.05) is 0 Å². The van der Waals surface area contributed by atoms with Gasteiger partial charge in [-0.25, -0.2) is 4.39 Å². The molecular formula is C16H14FNO3S. The summed E-state index contributed by atoms with van der Waals surface area (Å²) in [5, 5.41) is 23.2. The van der Waals surface area contributed by atoms with E-state index in [1.807, 2.05) is 28.3 Å². The van der Waals surface area contributed by atoms with E-state index in [2.05, 4.69) is 0 Å². The first-order chi connectivity index (χ1) is 10.5. The van der Waals surface area contributed by atoms with E-state index in [4.69, 9.17) is 5.11 Å². The third kappa shape index (κ3) is 2.46. The molecule has 2 heterocycles. The zero-order valence-corrected chi connectivity index (χ0v) is 12.7. The number of nitrogens with zero attached hydrogens (tertiary/aromatic N) is 1. The molecule has 22 heavy (non-hydrogen) atoms. The average molecular weight is 319 g/mol. The van der Waals surface area contributed by atoms with E-state index in [1.165, 1.54) is 12.1 Å². The van der Waals surface area contributed by atoms with Gasteiger partial charge in [-0.15, -0.1) is 0 Å². The molecule has 0 fully saturated rings. The number of thiophene rings is 1. The molecule has 3 aromatic rings. The molecule has 2 N–H and O–H groups in total. The Balaban J connectivity index is 2.23. The first kappa shape index (κ1) is 14.6. The highest BCUT2D eigenvalue weighted by Crippen LogP contribution is 2.32. The third-order valence-electron chi connectivity index (χ3n) is 3.77. The Morgan fingerprint density at radius 1 is 1.41 bits per heavy atom. The Kier molecular flexibility index (Phi) is 3.62. The van der Waals surface area contributed by atoms with Crippen molar-refractivity contribution in [3.8, 4) is 5.75 Å². The van der Waals surface area contributed by atoms with Gasteiger partial charge >= 0.3 is 5.97 Å². The fourth-order valence-corrected chi connectivity index (χ4v) is 3.36. The highest BCUT2D eigenvalue weighted by molar-refractivity contribution is 7.07. The minimum atomic E-state index is -0.957. The molecule has 114 valence electrons. The minimum absolute atomic E-state index is 0.163. The molecule has 6 heteroatoms. The molecule has 0 saturated carbocycles. The molecular weight excluding hydrogens is 305 g/mol. The largest absolute Gasteiger partial charge is 0.505 e. The maximum atomic E-state index is 13.7. The number of aromatic hydroxyl groups is 1. The lowest BCUT2D eigenvalue weighted by molar-refractivity contribution is -0.136. The van der Waals surface area contributed by atoms with E-state index >= 15 is 0 Å². The van der Waals surface area contributed by atoms with Gasteiger partial charge in [-0.05, 0) is 40.9 Å². The number of aliphatic carboxylic acids is 1. The van der Waals surface area contributed by atoms with E-state index in [0.717, 1.165) is 11.3 Å². The van der Waals surface area contributed by atoms with E-state index in [-0.39, 0.29) is 6.42 Å². The number of benzene rings is 1. The van der Waals surface area contributed by atoms with Crippen molar-refractivity contribution >= 4 is 28.2 Å². The normalized spacial score (nSPS) is 11.2. The van der Waals surface area contributed by atoms with Crippen molar-refractivity contribution in [1.29, 1.82) is 0 Å². The van der Waals surface area contributed by atoms with E-state index in [0.29, 0.717) is 23.0 Å². The first-order valence-electron chi connectivity index (χ1n) is 6.70. The van der Waals surface area contributed by atoms with Crippen LogP contribution < -0.4 is 0 Å². The van der Waals surface area contributed by atoms with Crippen LogP contribution in [-0.4, -0.2) is 20.7 Å². The van der Waals surface area contributed by atoms with Crippen LogP contribution in [0.3, 0.4) is 0 Å². The zero-order chi connectivity index (χ0) is 15.9. The molecule has 0 unspecified atom stereocenters. The second-order valence-corrected chi connectivity index (χ2v) is 5.95. The standard InChI is InChI=1S/C16H14FNO3S/c1-9-11(5-16(20)21)12-4-15(19)13(17)6-14(12)18(9)7-10-2-3-22-8-10/h2-4,6,8,19H,5,7H2,1H3,(H,20,21). The molecule has 2 aromatic heterocycles. The molecule has 0 radical (unpaired) electrons. The molecule has 3 rings (SSSR count). The Labute approximate surface area is 130 Å². The lowest BCUT2D eigenvalue weighted by Crippen LogP contribution is -2.04. The lowest BCUT2D eigenvalue weighted by Gasteiger charge is -2.07. The number of phenolic OH excluding ortho intramolecular Hbond substituents is 1. The summed E-state index contributed by atoms with van der Waals surface area (Å²) in [4.78, 5) is 11.1. The van der Waals surface area contributed by atoms with Gasteiger partial charge in [0.1, 0.15) is 0 Å². The van der Waals surface area contributed by atoms with Crippen molar-refractivity contribution in [1.82, 2.24) is 4.57 Å². The van der Waals surface area contributed by atoms with Crippen LogP contribution >= 0.6 is 11.3 Å². The number of aromatic nitrogens is 1. The van der Waals surface area contributed by atoms with E-state index < -0.39 is 17.5 Å². The molecule has 0 bridgehead atoms. The summed E-state index contributed by atoms with van der Waals surface area (Å²) < 4.78 is 15.6. The minimum Gasteiger partial charge on any atom is -0.505 e. The number of phenols is 1. The molecule has 0 aliphatic rings. The van der Waals surface area contributed by atoms with Crippen LogP contribution in [0.4, 0.5) is 4.39 Å². The summed E-state index contributed by atoms with van der Waals surface area (Å²) in [6.45, 7) is 2.36. The quantitative estimate of drug-likeness (QED) is 0.773. The molecule has 0 amide bonds. The van der Waals surface area contributed by atoms with Crippen molar-refractivity contribution in [2.45, 2.75) is 19.9 Å². The van der Waals surface area contributed by atoms with Crippen molar-refractivity contribution < 1.29 is 19.4 Å². The maximum Gasteiger partial charge on any atom is 0.307 e. The number of hydrogen-bond acceptors (Lipinski definition) is 3. The molecule has 0 atom stereocenters. The number of carboxylic acid groups (broad SMARTS) is 1. The van der Waals surface area contributed by atoms with Crippen molar-refractivity contribution in [3.63, 3.8) is 0 Å². The predicted molar refractivity (Wildman–Crippen MR) is 83.1 cm³/mol. The number of halogens is 1. The summed E-state index contributed by atoms with van der Waals surface area (Å²) in [7, 11) is 0. The number of fused-ring (bicyclic) bond motifs is 1. The Morgan fingerprint density at radius 3 is 2.82 bits per heavy atom. The summed E-state index contributed by atoms with van der Waals surface area (Å²) >= 11 is 1.57. The van der Waals surface area contributed by atoms with Gasteiger partial charge in [0.15, 0.2) is 11.6 Å². The Bertz CT molecular complexity index is 852. The van der Waals surface area contributed by atoms with Crippen LogP contribution in [0, 0.1) is 12.7 Å². The number of rotatable bonds is 4. The first-order valence-corrected chi connectivity index (χ1v) is 7.64. The summed E-state index contributed by atoms with van der Waals surface area (Å²) in [5.41, 5.74) is 3.04. The van der Waals surface area contributed by atoms with Gasteiger partial charge in [-0.2, -0.15) is 11.3 Å². The van der Waals surface area contributed by atoms with Gasteiger partial charge in [0.05, 0.1) is 11.9 Å². The van der Waals surface area contributed by atoms with Crippen molar-refractivity contribution in [2.24, 2.45) is 0 Å². The molecule has 0 saturated heterocycles. The topological polar surface area (TPSA) is 62.5 Å². The summed E-state index contributed by atoms with van der Waals surface area (Å²) in [5.74, 6) is -2.13. The SMILES string of the molecule is Cc1c(CC(=O)O)c2cc(O)c(F)cc2n1Cc1ccsc1. The summed E-state index contributed by atoms with van der Waals surface area (Å²) in [6.07, 6.45) is -0.163. The van der Waals surface area contributed by atoms with Crippen LogP contribution in [0.25, 0.3) is 10.9 Å². The second kappa shape index (κ2) is 5.46. The van der Waals surface area contributed by atoms with Crippen molar-refractivity contribution in [3.05, 3.63) is 51.6 Å². The molecule has 0 aliphatic heterocycles. The fraction of sp³-hybridized carbons (Fsp3) is 0.188. The van der Waals surface area contributed by atoms with Crippen LogP contribution in [0.5, 0.6) is 5.75 Å². The Hall–Kier alpha value is -2.34. The summed E-state index contributed by atoms with van der Waals surface area (Å²) in [6, 6.07) is 4.54. The zero-order valence-electron chi connectivity index (χ0n) is 11.8. The van der Waals surface area contributed by atoms with E-state index in [9.17, 15) is 14.3 Å². The third-order valence-corrected chi connectivity index (χ3v) is 4.50. The molecule has 0 spiro atoms. The molecule has 1 aromatic carbocycles. The Morgan fingerprint density at radius 2 is 2.18 bits per heavy atom. The van der Waals surface area contributed by atoms with Crippen molar-refractivity contribution in [2.75, 3.05) is 0 Å². The monoisotopic (exact) mass is 319 g/mol. The van der Waals surface area contributed by atoms with Gasteiger partial charge in [0.25, 0.3) is 0 Å². The van der Waals surface area contributed by atoms with Crippen LogP contribution in [0.1, 0.15) is 16.8 Å². The lowest BCUT2D eigenvalue weighted by atomic mass is 10.1. The highest BCUT2D eigenvalue weighted by atomic mass is 32.1. The maximum absolute atomic E-state index is 13.7. The smallest absolute Gasteiger partial charge is 0.307 e. The predicted octanol–water partition coefficient (Wildman–Crippen LogP) is 3.53. The van der Waals surface area contributed by atoms with E-state index in [1.54, 1.807) is 11.3 Å². The van der Waals surface area contributed by atoms with Crippen LogP contribution in [0.15, 0.2) is 29.0 Å². The van der Waals surface area contributed by atoms with Gasteiger partial charge in [0, 0.05) is 23.7 Å². The highest BCUT2D eigenvalue weighted by Gasteiger charge is 2.19. The van der Waals surface area contributed by atoms with Crippen LogP contribution in [-0.2, 0) is 17.8 Å². The molecule has 0 aliphatic carbocycles. The van der Waals surface area contributed by atoms with Gasteiger partial charge in [-0.3, -0.25) is 4.79 Å².